The second-order valence-corrected chi connectivity index (χ2v) is 4.21. The average Bonchev–Trinajstić information content (AvgIpc) is 2.02. The molecule has 0 aliphatic rings. The second kappa shape index (κ2) is 6.45. The molecule has 0 bridgehead atoms. The van der Waals surface area contributed by atoms with Crippen molar-refractivity contribution in [3.63, 3.8) is 0 Å². The van der Waals surface area contributed by atoms with E-state index in [1.807, 2.05) is 0 Å². The minimum absolute atomic E-state index is 0. The summed E-state index contributed by atoms with van der Waals surface area (Å²) in [6, 6.07) is 7.82. The van der Waals surface area contributed by atoms with Gasteiger partial charge >= 0.3 is 18.7 Å². The number of hydrogen-bond donors (Lipinski definition) is 1. The van der Waals surface area contributed by atoms with Gasteiger partial charge in [-0.3, -0.25) is 4.55 Å². The molecule has 1 N–H and O–H groups in total. The van der Waals surface area contributed by atoms with E-state index in [9.17, 15) is 13.0 Å². The molecule has 80 valence electrons. The third-order valence-corrected chi connectivity index (χ3v) is 2.68. The van der Waals surface area contributed by atoms with Crippen molar-refractivity contribution in [2.45, 2.75) is 0 Å². The van der Waals surface area contributed by atoms with E-state index in [-0.39, 0.29) is 32.0 Å². The Hall–Kier alpha value is -0.127. The molecule has 9 heteroatoms. The number of para-hydroxylation sites is 1. The zero-order valence-corrected chi connectivity index (χ0v) is 11.4. The largest absolute Gasteiger partial charge is 0.769 e. The first-order chi connectivity index (χ1) is 6.47. The Morgan fingerprint density at radius 2 is 1.73 bits per heavy atom. The number of rotatable bonds is 4. The molecular weight excluding hydrogens is 322 g/mol. The first-order valence-corrected chi connectivity index (χ1v) is 5.81. The van der Waals surface area contributed by atoms with Crippen LogP contribution in [0, 0.1) is 0 Å². The predicted octanol–water partition coefficient (Wildman–Crippen LogP) is 1.54. The van der Waals surface area contributed by atoms with Crippen LogP contribution in [-0.2, 0) is 45.1 Å². The molecule has 0 radical (unpaired) electrons. The van der Waals surface area contributed by atoms with Crippen molar-refractivity contribution in [2.24, 2.45) is 0 Å². The maximum Gasteiger partial charge on any atom is 0.769 e. The third-order valence-electron chi connectivity index (χ3n) is 1.08. The quantitative estimate of drug-likeness (QED) is 0.666. The van der Waals surface area contributed by atoms with Crippen LogP contribution in [0.1, 0.15) is 0 Å². The zero-order chi connectivity index (χ0) is 10.6. The van der Waals surface area contributed by atoms with Crippen molar-refractivity contribution in [3.8, 4) is 5.75 Å². The van der Waals surface area contributed by atoms with Gasteiger partial charge in [0.25, 0.3) is 0 Å². The second-order valence-electron chi connectivity index (χ2n) is 2.13. The van der Waals surface area contributed by atoms with Crippen LogP contribution in [0.25, 0.3) is 0 Å². The Balaban J connectivity index is 0.00000196. The van der Waals surface area contributed by atoms with Gasteiger partial charge in [0.05, 0.1) is 0 Å². The first-order valence-electron chi connectivity index (χ1n) is 3.35. The molecule has 15 heavy (non-hydrogen) atoms. The minimum Gasteiger partial charge on any atom is -0.261 e. The number of benzene rings is 1. The molecule has 0 aliphatic heterocycles. The molecule has 0 fully saturated rings. The van der Waals surface area contributed by atoms with Crippen LogP contribution in [-0.4, -0.2) is 13.0 Å². The summed E-state index contributed by atoms with van der Waals surface area (Å²) in [5.74, 6) is 0.178. The molecule has 6 nitrogen and oxygen atoms in total. The fourth-order valence-corrected chi connectivity index (χ4v) is 1.69. The van der Waals surface area contributed by atoms with Crippen LogP contribution in [0.2, 0.25) is 0 Å². The van der Waals surface area contributed by atoms with Crippen LogP contribution in [0.5, 0.6) is 5.75 Å². The van der Waals surface area contributed by atoms with E-state index in [2.05, 4.69) is 8.49 Å². The van der Waals surface area contributed by atoms with Crippen molar-refractivity contribution in [2.75, 3.05) is 0 Å². The van der Waals surface area contributed by atoms with Gasteiger partial charge < -0.3 is 0 Å². The number of hydrogen-bond acceptors (Lipinski definition) is 5. The average molecular weight is 328 g/mol. The van der Waals surface area contributed by atoms with Crippen LogP contribution in [0.3, 0.4) is 0 Å². The summed E-state index contributed by atoms with van der Waals surface area (Å²) in [7, 11) is -7.69. The topological polar surface area (TPSA) is 89.9 Å². The Bertz CT molecular complexity index is 419. The Morgan fingerprint density at radius 1 is 1.20 bits per heavy atom. The Kier molecular flexibility index (Phi) is 6.40. The standard InChI is InChI=1S/C6H5O6PS.Zr/c7-13(12-14(8,9)10)11-6-4-2-1-3-5-6;/h1-5H;/p+1. The van der Waals surface area contributed by atoms with Crippen molar-refractivity contribution >= 4 is 18.7 Å². The van der Waals surface area contributed by atoms with Crippen molar-refractivity contribution in [3.05, 3.63) is 30.3 Å². The van der Waals surface area contributed by atoms with Gasteiger partial charge in [-0.1, -0.05) is 18.2 Å². The van der Waals surface area contributed by atoms with Crippen LogP contribution >= 0.6 is 8.25 Å². The Labute approximate surface area is 107 Å². The molecule has 0 spiro atoms. The normalized spacial score (nSPS) is 11.4. The van der Waals surface area contributed by atoms with Crippen LogP contribution in [0.4, 0.5) is 0 Å². The minimum atomic E-state index is -4.75. The predicted molar refractivity (Wildman–Crippen MR) is 47.3 cm³/mol. The van der Waals surface area contributed by atoms with E-state index in [4.69, 9.17) is 4.55 Å². The maximum atomic E-state index is 10.8. The van der Waals surface area contributed by atoms with Gasteiger partial charge in [0.2, 0.25) is 0 Å². The summed E-state index contributed by atoms with van der Waals surface area (Å²) >= 11 is 0. The summed E-state index contributed by atoms with van der Waals surface area (Å²) < 4.78 is 47.3. The first kappa shape index (κ1) is 14.9. The fraction of sp³-hybridized carbons (Fsp3) is 0. The van der Waals surface area contributed by atoms with Crippen LogP contribution in [0.15, 0.2) is 30.3 Å². The summed E-state index contributed by atoms with van der Waals surface area (Å²) in [6.45, 7) is 0. The van der Waals surface area contributed by atoms with Crippen molar-refractivity contribution in [1.29, 1.82) is 0 Å². The van der Waals surface area contributed by atoms with Gasteiger partial charge in [-0.2, -0.15) is 8.42 Å². The van der Waals surface area contributed by atoms with Crippen molar-refractivity contribution in [1.82, 2.24) is 0 Å². The monoisotopic (exact) mass is 327 g/mol. The molecule has 1 unspecified atom stereocenters. The fourth-order valence-electron chi connectivity index (χ4n) is 0.660. The molecule has 1 rings (SSSR count). The summed E-state index contributed by atoms with van der Waals surface area (Å²) in [5.41, 5.74) is 0. The van der Waals surface area contributed by atoms with Gasteiger partial charge in [-0.15, -0.1) is 0 Å². The molecule has 1 aromatic carbocycles. The van der Waals surface area contributed by atoms with Gasteiger partial charge in [0.1, 0.15) is 0 Å². The van der Waals surface area contributed by atoms with Crippen LogP contribution < -0.4 is 4.52 Å². The van der Waals surface area contributed by atoms with Gasteiger partial charge in [0, 0.05) is 34.7 Å². The van der Waals surface area contributed by atoms with Gasteiger partial charge in [-0.05, 0) is 12.1 Å². The molecule has 0 amide bonds. The molecular formula is C6H6O6PSZr+. The molecule has 0 heterocycles. The maximum absolute atomic E-state index is 10.8. The smallest absolute Gasteiger partial charge is 0.261 e. The van der Waals surface area contributed by atoms with E-state index >= 15 is 0 Å². The van der Waals surface area contributed by atoms with Gasteiger partial charge in [0.15, 0.2) is 5.75 Å². The SMILES string of the molecule is O=[P+](Oc1ccccc1)OS(=O)(=O)O.[Zr]. The van der Waals surface area contributed by atoms with E-state index in [0.29, 0.717) is 0 Å². The zero-order valence-electron chi connectivity index (χ0n) is 7.23. The summed E-state index contributed by atoms with van der Waals surface area (Å²) in [5, 5.41) is 0. The summed E-state index contributed by atoms with van der Waals surface area (Å²) in [6.07, 6.45) is 0. The van der Waals surface area contributed by atoms with E-state index in [1.165, 1.54) is 12.1 Å². The van der Waals surface area contributed by atoms with E-state index < -0.39 is 18.7 Å². The third kappa shape index (κ3) is 6.87. The molecule has 0 saturated carbocycles. The van der Waals surface area contributed by atoms with E-state index in [1.54, 1.807) is 18.2 Å². The van der Waals surface area contributed by atoms with Gasteiger partial charge in [-0.25, -0.2) is 4.52 Å². The van der Waals surface area contributed by atoms with E-state index in [0.717, 1.165) is 0 Å². The van der Waals surface area contributed by atoms with Crippen molar-refractivity contribution < 1.29 is 52.2 Å². The molecule has 0 aliphatic carbocycles. The Morgan fingerprint density at radius 3 is 2.20 bits per heavy atom. The molecule has 0 aromatic heterocycles. The molecule has 0 saturated heterocycles. The molecule has 1 aromatic rings. The summed E-state index contributed by atoms with van der Waals surface area (Å²) in [4.78, 5) is 0. The molecule has 1 atom stereocenters.